The van der Waals surface area contributed by atoms with Gasteiger partial charge in [-0.1, -0.05) is 6.58 Å². The first-order valence-corrected chi connectivity index (χ1v) is 12.0. The summed E-state index contributed by atoms with van der Waals surface area (Å²) in [6, 6.07) is 13.3. The molecule has 2 aromatic carbocycles. The third kappa shape index (κ3) is 8.96. The van der Waals surface area contributed by atoms with Crippen molar-refractivity contribution in [3.8, 4) is 17.2 Å². The van der Waals surface area contributed by atoms with Gasteiger partial charge in [-0.15, -0.1) is 0 Å². The number of amides is 2. The molecule has 37 heavy (non-hydrogen) atoms. The van der Waals surface area contributed by atoms with Gasteiger partial charge in [-0.2, -0.15) is 0 Å². The Morgan fingerprint density at radius 2 is 1.32 bits per heavy atom. The summed E-state index contributed by atoms with van der Waals surface area (Å²) >= 11 is 0. The second kappa shape index (κ2) is 14.2. The molecule has 0 aliphatic carbocycles. The topological polar surface area (TPSA) is 108 Å². The van der Waals surface area contributed by atoms with Crippen molar-refractivity contribution in [1.82, 2.24) is 4.90 Å². The number of hydrogen-bond acceptors (Lipinski definition) is 8. The number of carbonyl (C=O) groups is 4. The normalized spacial score (nSPS) is 12.4. The molecule has 2 aromatic rings. The Balaban J connectivity index is 1.33. The van der Waals surface area contributed by atoms with Gasteiger partial charge in [0.05, 0.1) is 25.0 Å². The van der Waals surface area contributed by atoms with Gasteiger partial charge in [-0.3, -0.25) is 19.3 Å². The minimum Gasteiger partial charge on any atom is -0.494 e. The number of benzene rings is 2. The van der Waals surface area contributed by atoms with Crippen LogP contribution in [-0.2, 0) is 19.1 Å². The van der Waals surface area contributed by atoms with Gasteiger partial charge in [0.2, 0.25) is 0 Å². The zero-order chi connectivity index (χ0) is 26.5. The number of carbonyl (C=O) groups excluding carboxylic acids is 4. The first-order chi connectivity index (χ1) is 18.0. The lowest BCUT2D eigenvalue weighted by Crippen LogP contribution is -2.31. The number of ether oxygens (including phenoxy) is 4. The highest BCUT2D eigenvalue weighted by Gasteiger charge is 2.22. The second-order valence-electron chi connectivity index (χ2n) is 8.06. The average Bonchev–Trinajstić information content (AvgIpc) is 3.22. The van der Waals surface area contributed by atoms with Gasteiger partial charge in [0.15, 0.2) is 0 Å². The summed E-state index contributed by atoms with van der Waals surface area (Å²) in [5, 5.41) is 0. The molecule has 0 radical (unpaired) electrons. The minimum atomic E-state index is -0.506. The van der Waals surface area contributed by atoms with Gasteiger partial charge in [0.1, 0.15) is 17.2 Å². The molecule has 0 saturated heterocycles. The molecule has 194 valence electrons. The SMILES string of the molecule is C=COC(=O)CCCCCOc1ccc(OC(=O)c2ccc(OCCCN3C(=O)C=CC3=O)cc2)cc1. The predicted molar refractivity (Wildman–Crippen MR) is 134 cm³/mol. The highest BCUT2D eigenvalue weighted by Crippen LogP contribution is 2.20. The number of imide groups is 1. The smallest absolute Gasteiger partial charge is 0.343 e. The number of nitrogens with zero attached hydrogens (tertiary/aromatic N) is 1. The van der Waals surface area contributed by atoms with Crippen LogP contribution in [0.4, 0.5) is 0 Å². The molecule has 0 bridgehead atoms. The summed E-state index contributed by atoms with van der Waals surface area (Å²) < 4.78 is 21.4. The van der Waals surface area contributed by atoms with Gasteiger partial charge in [-0.05, 0) is 74.2 Å². The van der Waals surface area contributed by atoms with E-state index in [2.05, 4.69) is 11.3 Å². The fourth-order valence-electron chi connectivity index (χ4n) is 3.41. The van der Waals surface area contributed by atoms with Crippen molar-refractivity contribution in [2.24, 2.45) is 0 Å². The summed E-state index contributed by atoms with van der Waals surface area (Å²) in [5.74, 6) is 0.187. The molecule has 0 spiro atoms. The molecule has 0 saturated carbocycles. The van der Waals surface area contributed by atoms with Gasteiger partial charge < -0.3 is 18.9 Å². The van der Waals surface area contributed by atoms with Gasteiger partial charge in [0.25, 0.3) is 11.8 Å². The van der Waals surface area contributed by atoms with E-state index in [-0.39, 0.29) is 24.3 Å². The molecular formula is C28H29NO8. The Kier molecular flexibility index (Phi) is 10.5. The van der Waals surface area contributed by atoms with E-state index in [0.29, 0.717) is 48.9 Å². The largest absolute Gasteiger partial charge is 0.494 e. The Morgan fingerprint density at radius 3 is 1.95 bits per heavy atom. The van der Waals surface area contributed by atoms with Gasteiger partial charge in [-0.25, -0.2) is 4.79 Å². The molecule has 1 aliphatic rings. The van der Waals surface area contributed by atoms with Crippen LogP contribution >= 0.6 is 0 Å². The maximum atomic E-state index is 12.4. The number of hydrogen-bond donors (Lipinski definition) is 0. The number of esters is 2. The zero-order valence-corrected chi connectivity index (χ0v) is 20.4. The lowest BCUT2D eigenvalue weighted by molar-refractivity contribution is -0.138. The molecule has 0 fully saturated rings. The minimum absolute atomic E-state index is 0.285. The van der Waals surface area contributed by atoms with E-state index >= 15 is 0 Å². The molecule has 1 heterocycles. The standard InChI is InChI=1S/C28H29NO8/c1-2-34-27(32)7-4-3-5-19-35-23-12-14-24(15-13-23)37-28(33)21-8-10-22(11-9-21)36-20-6-18-29-25(30)16-17-26(29)31/h2,8-17H,1,3-7,18-20H2. The van der Waals surface area contributed by atoms with Crippen molar-refractivity contribution in [3.63, 3.8) is 0 Å². The summed E-state index contributed by atoms with van der Waals surface area (Å²) in [7, 11) is 0. The Labute approximate surface area is 215 Å². The maximum Gasteiger partial charge on any atom is 0.343 e. The van der Waals surface area contributed by atoms with Crippen LogP contribution < -0.4 is 14.2 Å². The average molecular weight is 508 g/mol. The third-order valence-electron chi connectivity index (χ3n) is 5.33. The van der Waals surface area contributed by atoms with Gasteiger partial charge in [0, 0.05) is 25.1 Å². The lowest BCUT2D eigenvalue weighted by Gasteiger charge is -2.13. The summed E-state index contributed by atoms with van der Waals surface area (Å²) in [4.78, 5) is 47.9. The molecule has 0 aromatic heterocycles. The van der Waals surface area contributed by atoms with Crippen LogP contribution in [0.5, 0.6) is 17.2 Å². The van der Waals surface area contributed by atoms with Gasteiger partial charge >= 0.3 is 11.9 Å². The quantitative estimate of drug-likeness (QED) is 0.116. The van der Waals surface area contributed by atoms with E-state index in [9.17, 15) is 19.2 Å². The molecule has 0 unspecified atom stereocenters. The molecule has 0 N–H and O–H groups in total. The van der Waals surface area contributed by atoms with Crippen molar-refractivity contribution in [3.05, 3.63) is 79.1 Å². The number of rotatable bonds is 15. The first-order valence-electron chi connectivity index (χ1n) is 12.0. The van der Waals surface area contributed by atoms with Crippen molar-refractivity contribution < 1.29 is 38.1 Å². The van der Waals surface area contributed by atoms with Crippen molar-refractivity contribution in [2.45, 2.75) is 32.1 Å². The summed E-state index contributed by atoms with van der Waals surface area (Å²) in [6.07, 6.45) is 6.84. The number of unbranched alkanes of at least 4 members (excludes halogenated alkanes) is 2. The van der Waals surface area contributed by atoms with Crippen molar-refractivity contribution >= 4 is 23.8 Å². The zero-order valence-electron chi connectivity index (χ0n) is 20.4. The highest BCUT2D eigenvalue weighted by molar-refractivity contribution is 6.12. The Bertz CT molecular complexity index is 1100. The van der Waals surface area contributed by atoms with Crippen LogP contribution in [0.2, 0.25) is 0 Å². The Morgan fingerprint density at radius 1 is 0.757 bits per heavy atom. The van der Waals surface area contributed by atoms with Crippen LogP contribution in [-0.4, -0.2) is 48.4 Å². The second-order valence-corrected chi connectivity index (χ2v) is 8.06. The third-order valence-corrected chi connectivity index (χ3v) is 5.33. The van der Waals surface area contributed by atoms with Crippen molar-refractivity contribution in [2.75, 3.05) is 19.8 Å². The van der Waals surface area contributed by atoms with Crippen LogP contribution in [0.25, 0.3) is 0 Å². The highest BCUT2D eigenvalue weighted by atomic mass is 16.5. The van der Waals surface area contributed by atoms with Crippen LogP contribution in [0.1, 0.15) is 42.5 Å². The van der Waals surface area contributed by atoms with Crippen LogP contribution in [0, 0.1) is 0 Å². The predicted octanol–water partition coefficient (Wildman–Crippen LogP) is 4.23. The van der Waals surface area contributed by atoms with Crippen LogP contribution in [0.3, 0.4) is 0 Å². The van der Waals surface area contributed by atoms with E-state index in [1.54, 1.807) is 48.5 Å². The first kappa shape index (κ1) is 27.2. The van der Waals surface area contributed by atoms with E-state index in [0.717, 1.165) is 30.4 Å². The molecule has 3 rings (SSSR count). The molecule has 0 atom stereocenters. The summed E-state index contributed by atoms with van der Waals surface area (Å²) in [5.41, 5.74) is 0.365. The monoisotopic (exact) mass is 507 g/mol. The van der Waals surface area contributed by atoms with E-state index < -0.39 is 5.97 Å². The van der Waals surface area contributed by atoms with Crippen LogP contribution in [0.15, 0.2) is 73.5 Å². The molecule has 9 heteroatoms. The van der Waals surface area contributed by atoms with E-state index in [1.807, 2.05) is 0 Å². The fourth-order valence-corrected chi connectivity index (χ4v) is 3.41. The van der Waals surface area contributed by atoms with E-state index in [1.165, 1.54) is 12.2 Å². The molecule has 1 aliphatic heterocycles. The maximum absolute atomic E-state index is 12.4. The molecule has 9 nitrogen and oxygen atoms in total. The Hall–Kier alpha value is -4.40. The molecular weight excluding hydrogens is 478 g/mol. The van der Waals surface area contributed by atoms with E-state index in [4.69, 9.17) is 14.2 Å². The lowest BCUT2D eigenvalue weighted by atomic mass is 10.2. The molecule has 2 amide bonds. The summed E-state index contributed by atoms with van der Waals surface area (Å²) in [6.45, 7) is 4.46. The van der Waals surface area contributed by atoms with Crippen molar-refractivity contribution in [1.29, 1.82) is 0 Å². The fraction of sp³-hybridized carbons (Fsp3) is 0.286.